The lowest BCUT2D eigenvalue weighted by Crippen LogP contribution is -2.46. The van der Waals surface area contributed by atoms with Crippen LogP contribution in [0.3, 0.4) is 0 Å². The Bertz CT molecular complexity index is 322. The van der Waals surface area contributed by atoms with E-state index in [2.05, 4.69) is 48.3 Å². The number of piperazine rings is 1. The Hall–Kier alpha value is -0.120. The third-order valence-electron chi connectivity index (χ3n) is 3.87. The largest absolute Gasteiger partial charge is 0.383 e. The number of likely N-dealkylation sites (N-methyl/N-ethyl adjacent to an activating group) is 1. The summed E-state index contributed by atoms with van der Waals surface area (Å²) in [5, 5.41) is 6.68. The minimum Gasteiger partial charge on any atom is -0.383 e. The van der Waals surface area contributed by atoms with Gasteiger partial charge in [-0.25, -0.2) is 0 Å². The van der Waals surface area contributed by atoms with E-state index in [-0.39, 0.29) is 30.0 Å². The van der Waals surface area contributed by atoms with Gasteiger partial charge in [0.05, 0.1) is 6.61 Å². The number of methoxy groups -OCH3 is 1. The van der Waals surface area contributed by atoms with E-state index in [1.54, 1.807) is 7.11 Å². The Balaban J connectivity index is 0.00000484. The van der Waals surface area contributed by atoms with Gasteiger partial charge in [-0.15, -0.1) is 24.0 Å². The molecule has 23 heavy (non-hydrogen) atoms. The first-order chi connectivity index (χ1) is 10.5. The number of hydrogen-bond acceptors (Lipinski definition) is 4. The molecule has 2 unspecified atom stereocenters. The zero-order chi connectivity index (χ0) is 16.4. The SMILES string of the molecule is CCNC(=NCC(C)CN1CCN(C)CC1)NC(C)COC.I. The molecule has 2 N–H and O–H groups in total. The van der Waals surface area contributed by atoms with Crippen molar-refractivity contribution in [3.05, 3.63) is 0 Å². The molecule has 0 aliphatic carbocycles. The molecule has 0 saturated carbocycles. The van der Waals surface area contributed by atoms with Gasteiger partial charge in [0.25, 0.3) is 0 Å². The molecule has 2 atom stereocenters. The quantitative estimate of drug-likeness (QED) is 0.336. The van der Waals surface area contributed by atoms with Crippen LogP contribution in [0.15, 0.2) is 4.99 Å². The lowest BCUT2D eigenvalue weighted by molar-refractivity contribution is 0.140. The normalized spacial score (nSPS) is 19.8. The Kier molecular flexibility index (Phi) is 13.1. The maximum absolute atomic E-state index is 5.16. The Morgan fingerprint density at radius 1 is 1.22 bits per heavy atom. The van der Waals surface area contributed by atoms with Crippen molar-refractivity contribution >= 4 is 29.9 Å². The molecule has 0 aromatic rings. The smallest absolute Gasteiger partial charge is 0.191 e. The molecule has 1 saturated heterocycles. The van der Waals surface area contributed by atoms with Gasteiger partial charge in [-0.05, 0) is 26.8 Å². The number of guanidine groups is 1. The minimum absolute atomic E-state index is 0. The maximum Gasteiger partial charge on any atom is 0.191 e. The molecule has 1 heterocycles. The number of nitrogens with zero attached hydrogens (tertiary/aromatic N) is 3. The molecule has 0 spiro atoms. The van der Waals surface area contributed by atoms with Gasteiger partial charge in [0.2, 0.25) is 0 Å². The standard InChI is InChI=1S/C16H35N5O.HI/c1-6-17-16(19-15(3)13-22-5)18-11-14(2)12-21-9-7-20(4)8-10-21;/h14-15H,6-13H2,1-5H3,(H2,17,18,19);1H. The number of ether oxygens (including phenoxy) is 1. The monoisotopic (exact) mass is 441 g/mol. The minimum atomic E-state index is 0. The highest BCUT2D eigenvalue weighted by Crippen LogP contribution is 2.05. The van der Waals surface area contributed by atoms with Crippen LogP contribution in [-0.4, -0.2) is 88.4 Å². The van der Waals surface area contributed by atoms with Crippen LogP contribution in [0.4, 0.5) is 0 Å². The van der Waals surface area contributed by atoms with E-state index >= 15 is 0 Å². The van der Waals surface area contributed by atoms with E-state index in [0.29, 0.717) is 12.5 Å². The maximum atomic E-state index is 5.16. The first-order valence-corrected chi connectivity index (χ1v) is 8.49. The van der Waals surface area contributed by atoms with Crippen LogP contribution in [0.25, 0.3) is 0 Å². The van der Waals surface area contributed by atoms with E-state index in [9.17, 15) is 0 Å². The molecule has 138 valence electrons. The molecule has 0 bridgehead atoms. The fraction of sp³-hybridized carbons (Fsp3) is 0.938. The molecule has 0 radical (unpaired) electrons. The molecule has 7 heteroatoms. The first-order valence-electron chi connectivity index (χ1n) is 8.49. The number of halogens is 1. The summed E-state index contributed by atoms with van der Waals surface area (Å²) in [4.78, 5) is 9.66. The summed E-state index contributed by atoms with van der Waals surface area (Å²) in [6, 6.07) is 0.260. The summed E-state index contributed by atoms with van der Waals surface area (Å²) in [7, 11) is 3.92. The van der Waals surface area contributed by atoms with Crippen LogP contribution in [0.1, 0.15) is 20.8 Å². The van der Waals surface area contributed by atoms with Gasteiger partial charge in [-0.1, -0.05) is 6.92 Å². The Labute approximate surface area is 159 Å². The number of hydrogen-bond donors (Lipinski definition) is 2. The summed E-state index contributed by atoms with van der Waals surface area (Å²) >= 11 is 0. The highest BCUT2D eigenvalue weighted by atomic mass is 127. The molecule has 6 nitrogen and oxygen atoms in total. The van der Waals surface area contributed by atoms with Gasteiger partial charge in [0, 0.05) is 59.0 Å². The van der Waals surface area contributed by atoms with Gasteiger partial charge in [-0.2, -0.15) is 0 Å². The number of aliphatic imine (C=N–C) groups is 1. The van der Waals surface area contributed by atoms with Crippen LogP contribution >= 0.6 is 24.0 Å². The van der Waals surface area contributed by atoms with Crippen LogP contribution in [0.5, 0.6) is 0 Å². The third kappa shape index (κ3) is 10.4. The third-order valence-corrected chi connectivity index (χ3v) is 3.87. The lowest BCUT2D eigenvalue weighted by atomic mass is 10.1. The summed E-state index contributed by atoms with van der Waals surface area (Å²) in [6.07, 6.45) is 0. The van der Waals surface area contributed by atoms with Crippen molar-refractivity contribution in [1.29, 1.82) is 0 Å². The van der Waals surface area contributed by atoms with Crippen molar-refractivity contribution in [3.8, 4) is 0 Å². The molecule has 1 aliphatic rings. The second-order valence-corrected chi connectivity index (χ2v) is 6.43. The van der Waals surface area contributed by atoms with Gasteiger partial charge in [0.15, 0.2) is 5.96 Å². The molecule has 0 aromatic carbocycles. The molecular weight excluding hydrogens is 405 g/mol. The molecular formula is C16H36IN5O. The predicted octanol–water partition coefficient (Wildman–Crippen LogP) is 1.08. The van der Waals surface area contributed by atoms with Crippen LogP contribution in [-0.2, 0) is 4.74 Å². The molecule has 1 rings (SSSR count). The topological polar surface area (TPSA) is 52.1 Å². The molecule has 1 aliphatic heterocycles. The van der Waals surface area contributed by atoms with Gasteiger partial charge >= 0.3 is 0 Å². The fourth-order valence-corrected chi connectivity index (χ4v) is 2.62. The Morgan fingerprint density at radius 2 is 1.87 bits per heavy atom. The average Bonchev–Trinajstić information content (AvgIpc) is 2.48. The van der Waals surface area contributed by atoms with Crippen molar-refractivity contribution in [1.82, 2.24) is 20.4 Å². The van der Waals surface area contributed by atoms with Crippen molar-refractivity contribution in [2.24, 2.45) is 10.9 Å². The summed E-state index contributed by atoms with van der Waals surface area (Å²) in [6.45, 7) is 14.7. The predicted molar refractivity (Wildman–Crippen MR) is 109 cm³/mol. The van der Waals surface area contributed by atoms with Gasteiger partial charge in [0.1, 0.15) is 0 Å². The van der Waals surface area contributed by atoms with E-state index in [1.165, 1.54) is 26.2 Å². The van der Waals surface area contributed by atoms with E-state index in [4.69, 9.17) is 9.73 Å². The summed E-state index contributed by atoms with van der Waals surface area (Å²) in [5.41, 5.74) is 0. The fourth-order valence-electron chi connectivity index (χ4n) is 2.62. The van der Waals surface area contributed by atoms with Crippen LogP contribution in [0.2, 0.25) is 0 Å². The van der Waals surface area contributed by atoms with Crippen molar-refractivity contribution in [2.45, 2.75) is 26.8 Å². The zero-order valence-corrected chi connectivity index (χ0v) is 17.8. The van der Waals surface area contributed by atoms with Crippen molar-refractivity contribution in [3.63, 3.8) is 0 Å². The second-order valence-electron chi connectivity index (χ2n) is 6.43. The van der Waals surface area contributed by atoms with E-state index in [1.807, 2.05) is 0 Å². The van der Waals surface area contributed by atoms with Crippen molar-refractivity contribution in [2.75, 3.05) is 66.6 Å². The average molecular weight is 441 g/mol. The van der Waals surface area contributed by atoms with Gasteiger partial charge < -0.3 is 25.2 Å². The molecule has 0 aromatic heterocycles. The van der Waals surface area contributed by atoms with Crippen LogP contribution < -0.4 is 10.6 Å². The Morgan fingerprint density at radius 3 is 2.43 bits per heavy atom. The number of nitrogens with one attached hydrogen (secondary N) is 2. The van der Waals surface area contributed by atoms with E-state index < -0.39 is 0 Å². The summed E-state index contributed by atoms with van der Waals surface area (Å²) < 4.78 is 5.16. The second kappa shape index (κ2) is 13.2. The highest BCUT2D eigenvalue weighted by molar-refractivity contribution is 14.0. The molecule has 0 amide bonds. The lowest BCUT2D eigenvalue weighted by Gasteiger charge is -2.33. The van der Waals surface area contributed by atoms with Crippen LogP contribution in [0, 0.1) is 5.92 Å². The van der Waals surface area contributed by atoms with Crippen molar-refractivity contribution < 1.29 is 4.74 Å². The van der Waals surface area contributed by atoms with E-state index in [0.717, 1.165) is 25.6 Å². The summed E-state index contributed by atoms with van der Waals surface area (Å²) in [5.74, 6) is 1.45. The van der Waals surface area contributed by atoms with Gasteiger partial charge in [-0.3, -0.25) is 4.99 Å². The number of rotatable bonds is 8. The zero-order valence-electron chi connectivity index (χ0n) is 15.5. The first kappa shape index (κ1) is 22.9. The molecule has 1 fully saturated rings. The highest BCUT2D eigenvalue weighted by Gasteiger charge is 2.16.